The van der Waals surface area contributed by atoms with Gasteiger partial charge in [0.25, 0.3) is 0 Å². The molecule has 5 heteroatoms. The second-order valence-electron chi connectivity index (χ2n) is 4.72. The molecule has 0 bridgehead atoms. The number of aryl methyl sites for hydroxylation is 1. The number of carbonyl (C=O) groups excluding carboxylic acids is 1. The summed E-state index contributed by atoms with van der Waals surface area (Å²) < 4.78 is 4.96. The van der Waals surface area contributed by atoms with E-state index < -0.39 is 0 Å². The third-order valence-corrected chi connectivity index (χ3v) is 2.96. The van der Waals surface area contributed by atoms with Crippen molar-refractivity contribution in [3.8, 4) is 11.4 Å². The minimum Gasteiger partial charge on any atom is -0.464 e. The van der Waals surface area contributed by atoms with E-state index in [4.69, 9.17) is 4.74 Å². The lowest BCUT2D eigenvalue weighted by Gasteiger charge is -2.14. The predicted octanol–water partition coefficient (Wildman–Crippen LogP) is 2.82. The predicted molar refractivity (Wildman–Crippen MR) is 81.9 cm³/mol. The van der Waals surface area contributed by atoms with Gasteiger partial charge in [0.1, 0.15) is 6.04 Å². The average molecular weight is 285 g/mol. The molecule has 0 saturated heterocycles. The molecule has 110 valence electrons. The van der Waals surface area contributed by atoms with Crippen molar-refractivity contribution in [2.75, 3.05) is 11.9 Å². The van der Waals surface area contributed by atoms with Crippen LogP contribution >= 0.6 is 0 Å². The van der Waals surface area contributed by atoms with Crippen LogP contribution in [0, 0.1) is 6.92 Å². The summed E-state index contributed by atoms with van der Waals surface area (Å²) in [5.41, 5.74) is 2.72. The van der Waals surface area contributed by atoms with E-state index in [0.717, 1.165) is 16.9 Å². The first-order valence-corrected chi connectivity index (χ1v) is 6.93. The molecule has 0 spiro atoms. The van der Waals surface area contributed by atoms with Crippen LogP contribution in [0.25, 0.3) is 11.4 Å². The first-order valence-electron chi connectivity index (χ1n) is 6.93. The number of nitrogens with zero attached hydrogens (tertiary/aromatic N) is 2. The Kier molecular flexibility index (Phi) is 4.87. The lowest BCUT2D eigenvalue weighted by Crippen LogP contribution is -2.28. The maximum atomic E-state index is 11.6. The topological polar surface area (TPSA) is 64.1 Å². The van der Waals surface area contributed by atoms with Crippen LogP contribution in [-0.2, 0) is 9.53 Å². The maximum absolute atomic E-state index is 11.6. The van der Waals surface area contributed by atoms with Crippen molar-refractivity contribution in [1.29, 1.82) is 0 Å². The number of esters is 1. The average Bonchev–Trinajstić information content (AvgIpc) is 2.48. The van der Waals surface area contributed by atoms with E-state index in [1.165, 1.54) is 0 Å². The second kappa shape index (κ2) is 6.83. The number of carbonyl (C=O) groups is 1. The molecule has 1 heterocycles. The van der Waals surface area contributed by atoms with E-state index in [0.29, 0.717) is 12.4 Å². The van der Waals surface area contributed by atoms with Gasteiger partial charge in [-0.1, -0.05) is 0 Å². The van der Waals surface area contributed by atoms with Crippen LogP contribution in [0.3, 0.4) is 0 Å². The lowest BCUT2D eigenvalue weighted by molar-refractivity contribution is -0.143. The Morgan fingerprint density at radius 2 is 2.00 bits per heavy atom. The van der Waals surface area contributed by atoms with E-state index in [1.54, 1.807) is 20.0 Å². The smallest absolute Gasteiger partial charge is 0.328 e. The van der Waals surface area contributed by atoms with Crippen molar-refractivity contribution in [1.82, 2.24) is 9.97 Å². The van der Waals surface area contributed by atoms with Gasteiger partial charge < -0.3 is 10.1 Å². The van der Waals surface area contributed by atoms with Crippen LogP contribution in [0.15, 0.2) is 36.5 Å². The summed E-state index contributed by atoms with van der Waals surface area (Å²) >= 11 is 0. The molecule has 5 nitrogen and oxygen atoms in total. The Labute approximate surface area is 124 Å². The molecular weight excluding hydrogens is 266 g/mol. The summed E-state index contributed by atoms with van der Waals surface area (Å²) in [5.74, 6) is 0.434. The van der Waals surface area contributed by atoms with Crippen molar-refractivity contribution in [2.24, 2.45) is 0 Å². The molecule has 0 amide bonds. The zero-order valence-electron chi connectivity index (χ0n) is 12.5. The van der Waals surface area contributed by atoms with Gasteiger partial charge in [-0.15, -0.1) is 0 Å². The van der Waals surface area contributed by atoms with Crippen LogP contribution < -0.4 is 5.32 Å². The Hall–Kier alpha value is -2.43. The van der Waals surface area contributed by atoms with Gasteiger partial charge >= 0.3 is 5.97 Å². The van der Waals surface area contributed by atoms with Crippen molar-refractivity contribution in [3.05, 3.63) is 42.2 Å². The van der Waals surface area contributed by atoms with Gasteiger partial charge in [-0.2, -0.15) is 0 Å². The molecule has 0 aliphatic rings. The molecule has 0 aliphatic carbocycles. The number of aromatic nitrogens is 2. The van der Waals surface area contributed by atoms with Crippen molar-refractivity contribution < 1.29 is 9.53 Å². The number of hydrogen-bond donors (Lipinski definition) is 1. The zero-order valence-corrected chi connectivity index (χ0v) is 12.5. The van der Waals surface area contributed by atoms with Gasteiger partial charge in [0.05, 0.1) is 6.61 Å². The van der Waals surface area contributed by atoms with Gasteiger partial charge in [-0.3, -0.25) is 0 Å². The molecule has 2 rings (SSSR count). The maximum Gasteiger partial charge on any atom is 0.328 e. The van der Waals surface area contributed by atoms with Crippen molar-refractivity contribution >= 4 is 11.7 Å². The first kappa shape index (κ1) is 15.0. The Morgan fingerprint density at radius 1 is 1.29 bits per heavy atom. The molecule has 1 N–H and O–H groups in total. The van der Waals surface area contributed by atoms with Crippen LogP contribution in [-0.4, -0.2) is 28.6 Å². The summed E-state index contributed by atoms with van der Waals surface area (Å²) in [6.45, 7) is 5.88. The highest BCUT2D eigenvalue weighted by Crippen LogP contribution is 2.18. The fourth-order valence-corrected chi connectivity index (χ4v) is 1.88. The number of hydrogen-bond acceptors (Lipinski definition) is 5. The van der Waals surface area contributed by atoms with E-state index in [-0.39, 0.29) is 12.0 Å². The highest BCUT2D eigenvalue weighted by atomic mass is 16.5. The van der Waals surface area contributed by atoms with Gasteiger partial charge in [0.2, 0.25) is 0 Å². The molecule has 0 aliphatic heterocycles. The summed E-state index contributed by atoms with van der Waals surface area (Å²) in [4.78, 5) is 20.2. The number of anilines is 1. The molecule has 21 heavy (non-hydrogen) atoms. The second-order valence-corrected chi connectivity index (χ2v) is 4.72. The van der Waals surface area contributed by atoms with Crippen LogP contribution in [0.1, 0.15) is 19.5 Å². The minimum absolute atomic E-state index is 0.261. The van der Waals surface area contributed by atoms with Crippen molar-refractivity contribution in [2.45, 2.75) is 26.8 Å². The Bertz CT molecular complexity index is 611. The summed E-state index contributed by atoms with van der Waals surface area (Å²) in [5, 5.41) is 3.10. The number of rotatable bonds is 5. The summed E-state index contributed by atoms with van der Waals surface area (Å²) in [6.07, 6.45) is 1.74. The summed E-state index contributed by atoms with van der Waals surface area (Å²) in [6, 6.07) is 9.13. The molecule has 1 atom stereocenters. The van der Waals surface area contributed by atoms with E-state index in [2.05, 4.69) is 15.3 Å². The number of nitrogens with one attached hydrogen (secondary N) is 1. The molecule has 1 aromatic carbocycles. The third-order valence-electron chi connectivity index (χ3n) is 2.96. The highest BCUT2D eigenvalue weighted by Gasteiger charge is 2.13. The van der Waals surface area contributed by atoms with Gasteiger partial charge in [-0.25, -0.2) is 14.8 Å². The van der Waals surface area contributed by atoms with Crippen LogP contribution in [0.4, 0.5) is 5.69 Å². The normalized spacial score (nSPS) is 11.8. The van der Waals surface area contributed by atoms with Gasteiger partial charge in [0, 0.05) is 23.1 Å². The van der Waals surface area contributed by atoms with E-state index in [9.17, 15) is 4.79 Å². The molecule has 0 fully saturated rings. The Balaban J connectivity index is 2.07. The third kappa shape index (κ3) is 4.02. The molecule has 0 saturated carbocycles. The fraction of sp³-hybridized carbons (Fsp3) is 0.312. The van der Waals surface area contributed by atoms with Gasteiger partial charge in [-0.05, 0) is 51.1 Å². The molecule has 1 unspecified atom stereocenters. The first-order chi connectivity index (χ1) is 10.1. The summed E-state index contributed by atoms with van der Waals surface area (Å²) in [7, 11) is 0. The fourth-order valence-electron chi connectivity index (χ4n) is 1.88. The largest absolute Gasteiger partial charge is 0.464 e. The quantitative estimate of drug-likeness (QED) is 0.856. The molecule has 1 aromatic heterocycles. The highest BCUT2D eigenvalue weighted by molar-refractivity contribution is 5.79. The standard InChI is InChI=1S/C16H19N3O2/c1-4-21-16(20)12(3)19-14-7-5-13(6-8-14)15-17-10-9-11(2)18-15/h5-10,12,19H,4H2,1-3H3. The molecular formula is C16H19N3O2. The molecule has 0 radical (unpaired) electrons. The monoisotopic (exact) mass is 285 g/mol. The lowest BCUT2D eigenvalue weighted by atomic mass is 10.2. The van der Waals surface area contributed by atoms with E-state index >= 15 is 0 Å². The molecule has 2 aromatic rings. The van der Waals surface area contributed by atoms with Crippen LogP contribution in [0.5, 0.6) is 0 Å². The van der Waals surface area contributed by atoms with Gasteiger partial charge in [0.15, 0.2) is 5.82 Å². The number of ether oxygens (including phenoxy) is 1. The van der Waals surface area contributed by atoms with E-state index in [1.807, 2.05) is 37.3 Å². The number of benzene rings is 1. The zero-order chi connectivity index (χ0) is 15.2. The minimum atomic E-state index is -0.383. The van der Waals surface area contributed by atoms with Crippen molar-refractivity contribution in [3.63, 3.8) is 0 Å². The SMILES string of the molecule is CCOC(=O)C(C)Nc1ccc(-c2nccc(C)n2)cc1. The van der Waals surface area contributed by atoms with Crippen LogP contribution in [0.2, 0.25) is 0 Å². The Morgan fingerprint density at radius 3 is 2.62 bits per heavy atom.